The molecule has 0 aliphatic carbocycles. The number of aromatic nitrogens is 2. The third-order valence-corrected chi connectivity index (χ3v) is 4.07. The Labute approximate surface area is 157 Å². The summed E-state index contributed by atoms with van der Waals surface area (Å²) in [5, 5.41) is 11.5. The van der Waals surface area contributed by atoms with Gasteiger partial charge in [0.1, 0.15) is 22.9 Å². The summed E-state index contributed by atoms with van der Waals surface area (Å²) in [6, 6.07) is 10.0. The van der Waals surface area contributed by atoms with Gasteiger partial charge in [0.25, 0.3) is 11.8 Å². The number of carbonyl (C=O) groups is 2. The lowest BCUT2D eigenvalue weighted by atomic mass is 10.2. The molecule has 0 unspecified atom stereocenters. The van der Waals surface area contributed by atoms with Crippen LogP contribution in [0.2, 0.25) is 5.02 Å². The lowest BCUT2D eigenvalue weighted by Crippen LogP contribution is -2.25. The lowest BCUT2D eigenvalue weighted by Gasteiger charge is -2.09. The quantitative estimate of drug-likeness (QED) is 0.623. The number of nitrogens with zero attached hydrogens (tertiary/aromatic N) is 1. The van der Waals surface area contributed by atoms with Gasteiger partial charge in [0.05, 0.1) is 11.9 Å². The van der Waals surface area contributed by atoms with Crippen LogP contribution in [-0.4, -0.2) is 22.0 Å². The second-order valence-corrected chi connectivity index (χ2v) is 5.89. The number of nitrogens with one attached hydrogen (secondary N) is 3. The number of anilines is 1. The van der Waals surface area contributed by atoms with Gasteiger partial charge in [-0.2, -0.15) is 5.10 Å². The molecule has 0 bridgehead atoms. The van der Waals surface area contributed by atoms with Gasteiger partial charge >= 0.3 is 0 Å². The molecule has 27 heavy (non-hydrogen) atoms. The Hall–Kier alpha value is -3.26. The van der Waals surface area contributed by atoms with E-state index in [2.05, 4.69) is 20.8 Å². The first-order valence-corrected chi connectivity index (χ1v) is 8.15. The van der Waals surface area contributed by atoms with E-state index in [4.69, 9.17) is 11.6 Å². The molecule has 0 saturated carbocycles. The third-order valence-electron chi connectivity index (χ3n) is 3.70. The van der Waals surface area contributed by atoms with Gasteiger partial charge < -0.3 is 10.6 Å². The van der Waals surface area contributed by atoms with Gasteiger partial charge in [-0.1, -0.05) is 35.9 Å². The molecule has 0 radical (unpaired) electrons. The highest BCUT2D eigenvalue weighted by Gasteiger charge is 2.21. The first kappa shape index (κ1) is 18.5. The highest BCUT2D eigenvalue weighted by atomic mass is 35.5. The fourth-order valence-electron chi connectivity index (χ4n) is 2.36. The Morgan fingerprint density at radius 2 is 1.74 bits per heavy atom. The van der Waals surface area contributed by atoms with Crippen molar-refractivity contribution in [3.05, 3.63) is 82.1 Å². The molecule has 3 rings (SSSR count). The first-order valence-electron chi connectivity index (χ1n) is 7.77. The summed E-state index contributed by atoms with van der Waals surface area (Å²) in [6.07, 6.45) is 1.17. The Morgan fingerprint density at radius 3 is 2.44 bits per heavy atom. The van der Waals surface area contributed by atoms with Crippen molar-refractivity contribution in [2.24, 2.45) is 0 Å². The molecule has 0 atom stereocenters. The minimum atomic E-state index is -1.04. The van der Waals surface area contributed by atoms with E-state index in [9.17, 15) is 18.4 Å². The molecule has 9 heteroatoms. The maximum Gasteiger partial charge on any atom is 0.271 e. The first-order chi connectivity index (χ1) is 13.0. The standard InChI is InChI=1S/C18H13ClF2N4O2/c19-11-5-2-1-4-10(11)8-22-18(27)16-14(9-23-25-16)24-17(26)15-12(20)6-3-7-13(15)21/h1-7,9H,8H2,(H,22,27)(H,23,25)(H,24,26). The minimum absolute atomic E-state index is 0.0145. The van der Waals surface area contributed by atoms with E-state index in [1.165, 1.54) is 6.20 Å². The van der Waals surface area contributed by atoms with Crippen molar-refractivity contribution in [3.63, 3.8) is 0 Å². The average molecular weight is 391 g/mol. The summed E-state index contributed by atoms with van der Waals surface area (Å²) in [5.74, 6) is -3.63. The zero-order chi connectivity index (χ0) is 19.4. The van der Waals surface area contributed by atoms with Crippen LogP contribution in [0.5, 0.6) is 0 Å². The average Bonchev–Trinajstić information content (AvgIpc) is 3.09. The predicted molar refractivity (Wildman–Crippen MR) is 95.5 cm³/mol. The van der Waals surface area contributed by atoms with Crippen LogP contribution in [0.3, 0.4) is 0 Å². The number of hydrogen-bond donors (Lipinski definition) is 3. The summed E-state index contributed by atoms with van der Waals surface area (Å²) < 4.78 is 27.4. The fourth-order valence-corrected chi connectivity index (χ4v) is 2.56. The van der Waals surface area contributed by atoms with Crippen LogP contribution in [0, 0.1) is 11.6 Å². The number of H-pyrrole nitrogens is 1. The lowest BCUT2D eigenvalue weighted by molar-refractivity contribution is 0.0947. The largest absolute Gasteiger partial charge is 0.347 e. The minimum Gasteiger partial charge on any atom is -0.347 e. The zero-order valence-corrected chi connectivity index (χ0v) is 14.5. The summed E-state index contributed by atoms with van der Waals surface area (Å²) in [7, 11) is 0. The molecule has 138 valence electrons. The molecule has 0 saturated heterocycles. The van der Waals surface area contributed by atoms with Gasteiger partial charge in [-0.15, -0.1) is 0 Å². The number of hydrogen-bond acceptors (Lipinski definition) is 3. The van der Waals surface area contributed by atoms with Gasteiger partial charge in [0, 0.05) is 11.6 Å². The second-order valence-electron chi connectivity index (χ2n) is 5.48. The Kier molecular flexibility index (Phi) is 5.46. The van der Waals surface area contributed by atoms with Crippen LogP contribution < -0.4 is 10.6 Å². The van der Waals surface area contributed by atoms with Crippen molar-refractivity contribution in [1.82, 2.24) is 15.5 Å². The highest BCUT2D eigenvalue weighted by molar-refractivity contribution is 6.31. The molecule has 6 nitrogen and oxygen atoms in total. The Bertz CT molecular complexity index is 986. The maximum absolute atomic E-state index is 13.7. The number of halogens is 3. The van der Waals surface area contributed by atoms with Crippen molar-refractivity contribution in [1.29, 1.82) is 0 Å². The highest BCUT2D eigenvalue weighted by Crippen LogP contribution is 2.18. The molecule has 1 heterocycles. The molecule has 0 fully saturated rings. The summed E-state index contributed by atoms with van der Waals surface area (Å²) >= 11 is 6.03. The number of carbonyl (C=O) groups excluding carboxylic acids is 2. The van der Waals surface area contributed by atoms with E-state index in [1.807, 2.05) is 0 Å². The molecular formula is C18H13ClF2N4O2. The van der Waals surface area contributed by atoms with E-state index in [0.717, 1.165) is 18.2 Å². The van der Waals surface area contributed by atoms with Gasteiger partial charge in [-0.05, 0) is 23.8 Å². The van der Waals surface area contributed by atoms with Crippen LogP contribution >= 0.6 is 11.6 Å². The number of aromatic amines is 1. The molecule has 1 aromatic heterocycles. The van der Waals surface area contributed by atoms with Gasteiger partial charge in [-0.3, -0.25) is 14.7 Å². The summed E-state index contributed by atoms with van der Waals surface area (Å²) in [5.41, 5.74) is -0.126. The summed E-state index contributed by atoms with van der Waals surface area (Å²) in [6.45, 7) is 0.146. The number of rotatable bonds is 5. The molecule has 3 N–H and O–H groups in total. The number of amides is 2. The summed E-state index contributed by atoms with van der Waals surface area (Å²) in [4.78, 5) is 24.5. The van der Waals surface area contributed by atoms with Crippen molar-refractivity contribution >= 4 is 29.1 Å². The second kappa shape index (κ2) is 7.96. The maximum atomic E-state index is 13.7. The predicted octanol–water partition coefficient (Wildman–Crippen LogP) is 3.52. The zero-order valence-electron chi connectivity index (χ0n) is 13.7. The van der Waals surface area contributed by atoms with Crippen molar-refractivity contribution in [2.45, 2.75) is 6.54 Å². The van der Waals surface area contributed by atoms with E-state index in [-0.39, 0.29) is 17.9 Å². The SMILES string of the molecule is O=C(NCc1ccccc1Cl)c1[nH]ncc1NC(=O)c1c(F)cccc1F. The monoisotopic (exact) mass is 390 g/mol. The van der Waals surface area contributed by atoms with E-state index in [1.54, 1.807) is 24.3 Å². The van der Waals surface area contributed by atoms with Crippen molar-refractivity contribution in [2.75, 3.05) is 5.32 Å². The topological polar surface area (TPSA) is 86.9 Å². The molecule has 2 aromatic carbocycles. The Morgan fingerprint density at radius 1 is 1.04 bits per heavy atom. The Balaban J connectivity index is 1.73. The van der Waals surface area contributed by atoms with Crippen LogP contribution in [0.15, 0.2) is 48.7 Å². The molecule has 0 spiro atoms. The third kappa shape index (κ3) is 4.12. The molecule has 0 aliphatic rings. The van der Waals surface area contributed by atoms with E-state index >= 15 is 0 Å². The molecule has 2 amide bonds. The van der Waals surface area contributed by atoms with Crippen molar-refractivity contribution in [3.8, 4) is 0 Å². The molecule has 3 aromatic rings. The van der Waals surface area contributed by atoms with Crippen LogP contribution in [-0.2, 0) is 6.54 Å². The van der Waals surface area contributed by atoms with E-state index in [0.29, 0.717) is 10.6 Å². The smallest absolute Gasteiger partial charge is 0.271 e. The van der Waals surface area contributed by atoms with Crippen molar-refractivity contribution < 1.29 is 18.4 Å². The van der Waals surface area contributed by atoms with Gasteiger partial charge in [0.15, 0.2) is 0 Å². The fraction of sp³-hybridized carbons (Fsp3) is 0.0556. The number of benzene rings is 2. The molecular weight excluding hydrogens is 378 g/mol. The molecule has 0 aliphatic heterocycles. The van der Waals surface area contributed by atoms with Crippen LogP contribution in [0.25, 0.3) is 0 Å². The van der Waals surface area contributed by atoms with Crippen LogP contribution in [0.1, 0.15) is 26.4 Å². The van der Waals surface area contributed by atoms with E-state index < -0.39 is 29.0 Å². The normalized spacial score (nSPS) is 10.5. The van der Waals surface area contributed by atoms with Gasteiger partial charge in [-0.25, -0.2) is 8.78 Å². The van der Waals surface area contributed by atoms with Gasteiger partial charge in [0.2, 0.25) is 0 Å². The van der Waals surface area contributed by atoms with Crippen LogP contribution in [0.4, 0.5) is 14.5 Å².